The van der Waals surface area contributed by atoms with Gasteiger partial charge in [0.25, 0.3) is 0 Å². The zero-order chi connectivity index (χ0) is 13.0. The van der Waals surface area contributed by atoms with Crippen molar-refractivity contribution in [2.75, 3.05) is 32.9 Å². The van der Waals surface area contributed by atoms with Gasteiger partial charge in [0.2, 0.25) is 0 Å². The van der Waals surface area contributed by atoms with Gasteiger partial charge in [0.1, 0.15) is 5.75 Å². The fourth-order valence-corrected chi connectivity index (χ4v) is 2.57. The second kappa shape index (κ2) is 7.68. The Bertz CT molecular complexity index is 397. The number of aryl methyl sites for hydroxylation is 1. The van der Waals surface area contributed by atoms with Crippen LogP contribution in [0.25, 0.3) is 0 Å². The summed E-state index contributed by atoms with van der Waals surface area (Å²) in [6.07, 6.45) is 0.441. The van der Waals surface area contributed by atoms with E-state index < -0.39 is 0 Å². The van der Waals surface area contributed by atoms with Crippen molar-refractivity contribution in [1.29, 1.82) is 0 Å². The molecule has 19 heavy (non-hydrogen) atoms. The summed E-state index contributed by atoms with van der Waals surface area (Å²) in [4.78, 5) is 2.25. The number of halogens is 2. The Kier molecular flexibility index (Phi) is 6.55. The van der Waals surface area contributed by atoms with Gasteiger partial charge in [0, 0.05) is 37.8 Å². The normalized spacial score (nSPS) is 17.8. The molecule has 1 aromatic carbocycles. The molecule has 0 radical (unpaired) electrons. The summed E-state index contributed by atoms with van der Waals surface area (Å²) in [5, 5.41) is 13.3. The van der Waals surface area contributed by atoms with E-state index in [4.69, 9.17) is 0 Å². The monoisotopic (exact) mass is 288 g/mol. The summed E-state index contributed by atoms with van der Waals surface area (Å²) in [5.41, 5.74) is 1.87. The molecule has 0 spiro atoms. The van der Waals surface area contributed by atoms with Crippen LogP contribution >= 0.6 is 12.4 Å². The van der Waals surface area contributed by atoms with Gasteiger partial charge in [0.05, 0.1) is 6.67 Å². The Morgan fingerprint density at radius 3 is 2.63 bits per heavy atom. The van der Waals surface area contributed by atoms with E-state index in [0.717, 1.165) is 37.3 Å². The molecule has 0 aromatic heterocycles. The average Bonchev–Trinajstić information content (AvgIpc) is 2.38. The molecule has 0 amide bonds. The van der Waals surface area contributed by atoms with Crippen LogP contribution in [-0.4, -0.2) is 42.9 Å². The Hall–Kier alpha value is -0.840. The van der Waals surface area contributed by atoms with E-state index in [1.165, 1.54) is 0 Å². The fraction of sp³-hybridized carbons (Fsp3) is 0.571. The largest absolute Gasteiger partial charge is 0.508 e. The Morgan fingerprint density at radius 1 is 1.37 bits per heavy atom. The highest BCUT2D eigenvalue weighted by molar-refractivity contribution is 5.85. The SMILES string of the molecule is Cc1ccc([C@@H](CCF)N2CCNCC2)c(O)c1.Cl. The summed E-state index contributed by atoms with van der Waals surface area (Å²) in [6.45, 7) is 5.24. The maximum atomic E-state index is 12.8. The maximum absolute atomic E-state index is 12.8. The van der Waals surface area contributed by atoms with Crippen LogP contribution in [0.4, 0.5) is 4.39 Å². The third-order valence-electron chi connectivity index (χ3n) is 3.52. The van der Waals surface area contributed by atoms with E-state index >= 15 is 0 Å². The number of nitrogens with zero attached hydrogens (tertiary/aromatic N) is 1. The molecule has 108 valence electrons. The number of aromatic hydroxyl groups is 1. The van der Waals surface area contributed by atoms with Crippen LogP contribution in [0.3, 0.4) is 0 Å². The van der Waals surface area contributed by atoms with E-state index in [1.807, 2.05) is 19.1 Å². The number of nitrogens with one attached hydrogen (secondary N) is 1. The summed E-state index contributed by atoms with van der Waals surface area (Å²) in [6, 6.07) is 5.64. The highest BCUT2D eigenvalue weighted by Crippen LogP contribution is 2.32. The van der Waals surface area contributed by atoms with Gasteiger partial charge in [-0.05, 0) is 25.0 Å². The molecule has 1 saturated heterocycles. The molecule has 1 aromatic rings. The summed E-state index contributed by atoms with van der Waals surface area (Å²) < 4.78 is 12.8. The average molecular weight is 289 g/mol. The fourth-order valence-electron chi connectivity index (χ4n) is 2.57. The van der Waals surface area contributed by atoms with Crippen molar-refractivity contribution < 1.29 is 9.50 Å². The van der Waals surface area contributed by atoms with Gasteiger partial charge in [-0.2, -0.15) is 0 Å². The van der Waals surface area contributed by atoms with Gasteiger partial charge in [-0.15, -0.1) is 12.4 Å². The van der Waals surface area contributed by atoms with E-state index in [0.29, 0.717) is 6.42 Å². The molecule has 1 aliphatic rings. The Balaban J connectivity index is 0.00000180. The predicted molar refractivity (Wildman–Crippen MR) is 77.9 cm³/mol. The van der Waals surface area contributed by atoms with Crippen LogP contribution in [0.2, 0.25) is 0 Å². The zero-order valence-corrected chi connectivity index (χ0v) is 12.0. The maximum Gasteiger partial charge on any atom is 0.120 e. The summed E-state index contributed by atoms with van der Waals surface area (Å²) >= 11 is 0. The van der Waals surface area contributed by atoms with Gasteiger partial charge in [0.15, 0.2) is 0 Å². The van der Waals surface area contributed by atoms with Gasteiger partial charge in [-0.3, -0.25) is 9.29 Å². The number of hydrogen-bond donors (Lipinski definition) is 2. The van der Waals surface area contributed by atoms with Crippen LogP contribution < -0.4 is 5.32 Å². The van der Waals surface area contributed by atoms with Gasteiger partial charge >= 0.3 is 0 Å². The van der Waals surface area contributed by atoms with Crippen LogP contribution in [0, 0.1) is 6.92 Å². The molecule has 1 fully saturated rings. The molecule has 2 N–H and O–H groups in total. The molecule has 0 bridgehead atoms. The third kappa shape index (κ3) is 4.06. The van der Waals surface area contributed by atoms with Crippen molar-refractivity contribution in [2.24, 2.45) is 0 Å². The first kappa shape index (κ1) is 16.2. The molecule has 0 saturated carbocycles. The highest BCUT2D eigenvalue weighted by Gasteiger charge is 2.24. The number of hydrogen-bond acceptors (Lipinski definition) is 3. The molecule has 1 atom stereocenters. The number of piperazine rings is 1. The number of alkyl halides is 1. The smallest absolute Gasteiger partial charge is 0.120 e. The molecule has 1 aliphatic heterocycles. The molecular weight excluding hydrogens is 267 g/mol. The van der Waals surface area contributed by atoms with E-state index in [1.54, 1.807) is 6.07 Å². The van der Waals surface area contributed by atoms with Crippen LogP contribution in [0.5, 0.6) is 5.75 Å². The number of rotatable bonds is 4. The molecule has 0 unspecified atom stereocenters. The molecule has 5 heteroatoms. The zero-order valence-electron chi connectivity index (χ0n) is 11.2. The lowest BCUT2D eigenvalue weighted by Gasteiger charge is -2.35. The molecule has 1 heterocycles. The van der Waals surface area contributed by atoms with Crippen LogP contribution in [0.15, 0.2) is 18.2 Å². The standard InChI is InChI=1S/C14H21FN2O.ClH/c1-11-2-3-12(14(18)10-11)13(4-5-15)17-8-6-16-7-9-17;/h2-3,10,13,16,18H,4-9H2,1H3;1H/t13-;/m1./s1. The summed E-state index contributed by atoms with van der Waals surface area (Å²) in [7, 11) is 0. The molecule has 0 aliphatic carbocycles. The highest BCUT2D eigenvalue weighted by atomic mass is 35.5. The quantitative estimate of drug-likeness (QED) is 0.893. The van der Waals surface area contributed by atoms with Gasteiger partial charge < -0.3 is 10.4 Å². The van der Waals surface area contributed by atoms with Crippen molar-refractivity contribution in [1.82, 2.24) is 10.2 Å². The predicted octanol–water partition coefficient (Wildman–Crippen LogP) is 2.43. The topological polar surface area (TPSA) is 35.5 Å². The van der Waals surface area contributed by atoms with Crippen molar-refractivity contribution in [3.63, 3.8) is 0 Å². The molecule has 2 rings (SSSR count). The second-order valence-corrected chi connectivity index (χ2v) is 4.84. The van der Waals surface area contributed by atoms with Gasteiger partial charge in [-0.1, -0.05) is 12.1 Å². The lowest BCUT2D eigenvalue weighted by Crippen LogP contribution is -2.45. The van der Waals surface area contributed by atoms with Crippen LogP contribution in [-0.2, 0) is 0 Å². The van der Waals surface area contributed by atoms with E-state index in [2.05, 4.69) is 10.2 Å². The van der Waals surface area contributed by atoms with E-state index in [9.17, 15) is 9.50 Å². The molecular formula is C14H22ClFN2O. The number of phenolic OH excluding ortho intramolecular Hbond substituents is 1. The minimum Gasteiger partial charge on any atom is -0.508 e. The Labute approximate surface area is 120 Å². The van der Waals surface area contributed by atoms with Crippen LogP contribution in [0.1, 0.15) is 23.6 Å². The second-order valence-electron chi connectivity index (χ2n) is 4.84. The van der Waals surface area contributed by atoms with Crippen molar-refractivity contribution in [2.45, 2.75) is 19.4 Å². The van der Waals surface area contributed by atoms with Crippen molar-refractivity contribution in [3.8, 4) is 5.75 Å². The summed E-state index contributed by atoms with van der Waals surface area (Å²) in [5.74, 6) is 0.284. The molecule has 3 nitrogen and oxygen atoms in total. The lowest BCUT2D eigenvalue weighted by molar-refractivity contribution is 0.155. The number of phenols is 1. The Morgan fingerprint density at radius 2 is 2.05 bits per heavy atom. The third-order valence-corrected chi connectivity index (χ3v) is 3.52. The minimum atomic E-state index is -0.359. The van der Waals surface area contributed by atoms with E-state index in [-0.39, 0.29) is 30.9 Å². The first-order chi connectivity index (χ1) is 8.72. The minimum absolute atomic E-state index is 0. The van der Waals surface area contributed by atoms with Gasteiger partial charge in [-0.25, -0.2) is 0 Å². The lowest BCUT2D eigenvalue weighted by atomic mass is 9.99. The first-order valence-corrected chi connectivity index (χ1v) is 6.52. The van der Waals surface area contributed by atoms with Crippen molar-refractivity contribution >= 4 is 12.4 Å². The number of benzene rings is 1. The first-order valence-electron chi connectivity index (χ1n) is 6.52. The van der Waals surface area contributed by atoms with Crippen molar-refractivity contribution in [3.05, 3.63) is 29.3 Å².